The molecule has 2 unspecified atom stereocenters. The number of hydrogen-bond acceptors (Lipinski definition) is 13. The maximum Gasteiger partial charge on any atom is 0.405 e. The van der Waals surface area contributed by atoms with E-state index in [1.807, 2.05) is 27.7 Å². The summed E-state index contributed by atoms with van der Waals surface area (Å²) in [6, 6.07) is 3.25. The van der Waals surface area contributed by atoms with Crippen LogP contribution in [0.15, 0.2) is 24.3 Å². The van der Waals surface area contributed by atoms with Crippen molar-refractivity contribution in [2.24, 2.45) is 17.8 Å². The van der Waals surface area contributed by atoms with E-state index < -0.39 is 59.1 Å². The maximum absolute atomic E-state index is 16.3. The molecule has 3 saturated heterocycles. The summed E-state index contributed by atoms with van der Waals surface area (Å²) in [6.07, 6.45) is 4.68. The molecule has 1 aromatic carbocycles. The van der Waals surface area contributed by atoms with Gasteiger partial charge in [0.2, 0.25) is 11.8 Å². The lowest BCUT2D eigenvalue weighted by atomic mass is 10.00. The summed E-state index contributed by atoms with van der Waals surface area (Å²) in [5.41, 5.74) is -4.87. The van der Waals surface area contributed by atoms with E-state index in [4.69, 9.17) is 13.8 Å². The Balaban J connectivity index is 1.27. The summed E-state index contributed by atoms with van der Waals surface area (Å²) in [4.78, 5) is 68.9. The predicted molar refractivity (Wildman–Crippen MR) is 225 cm³/mol. The van der Waals surface area contributed by atoms with Gasteiger partial charge in [0.15, 0.2) is 10.2 Å². The zero-order chi connectivity index (χ0) is 42.6. The van der Waals surface area contributed by atoms with Crippen molar-refractivity contribution in [2.45, 2.75) is 96.4 Å². The van der Waals surface area contributed by atoms with Crippen LogP contribution in [0.4, 0.5) is 8.78 Å². The highest BCUT2D eigenvalue weighted by atomic mass is 32.2. The zero-order valence-corrected chi connectivity index (χ0v) is 37.5. The first kappa shape index (κ1) is 46.7. The first-order valence-corrected chi connectivity index (χ1v) is 25.9. The molecule has 2 aromatic rings. The van der Waals surface area contributed by atoms with Gasteiger partial charge in [-0.15, -0.1) is 11.3 Å². The van der Waals surface area contributed by atoms with E-state index in [-0.39, 0.29) is 80.5 Å². The quantitative estimate of drug-likeness (QED) is 0.0858. The highest BCUT2D eigenvalue weighted by Crippen LogP contribution is 2.67. The van der Waals surface area contributed by atoms with Gasteiger partial charge < -0.3 is 19.6 Å². The molecule has 0 aliphatic carbocycles. The van der Waals surface area contributed by atoms with Crippen molar-refractivity contribution in [1.82, 2.24) is 15.1 Å². The molecule has 3 aliphatic heterocycles. The number of likely N-dealkylation sites (tertiary alicyclic amines) is 1. The number of halogens is 2. The van der Waals surface area contributed by atoms with Crippen LogP contribution in [0.1, 0.15) is 87.9 Å². The molecular formula is C38H53F2N4O9PS4. The summed E-state index contributed by atoms with van der Waals surface area (Å²) < 4.78 is 77.1. The SMILES string of the molecule is CC(C)CC(=O)SCCOP(=O)(OCSC(=O)CC(C)C)C(F)(F)c1ccc2sc(C(=O)N[C@H]3CCC[C@H]4CC[C@@H](C(=O)N5CC(CS(C)(=N)=O)C5)N4C3=O)cc2c1. The van der Waals surface area contributed by atoms with Crippen molar-refractivity contribution < 1.29 is 50.6 Å². The van der Waals surface area contributed by atoms with Crippen molar-refractivity contribution in [3.05, 3.63) is 34.7 Å². The average molecular weight is 907 g/mol. The number of rotatable bonds is 18. The first-order valence-electron chi connectivity index (χ1n) is 19.4. The lowest BCUT2D eigenvalue weighted by Gasteiger charge is -2.42. The Hall–Kier alpha value is -2.41. The van der Waals surface area contributed by atoms with Crippen LogP contribution in [0.3, 0.4) is 0 Å². The molecule has 4 heterocycles. The highest BCUT2D eigenvalue weighted by Gasteiger charge is 2.55. The minimum Gasteiger partial charge on any atom is -0.340 e. The van der Waals surface area contributed by atoms with Crippen molar-refractivity contribution in [3.8, 4) is 0 Å². The third-order valence-electron chi connectivity index (χ3n) is 10.1. The van der Waals surface area contributed by atoms with Gasteiger partial charge in [-0.3, -0.25) is 42.0 Å². The standard InChI is InChI=1S/C38H53F2N4O9PS4/c1-23(2)15-33(45)55-14-13-52-54(50,53-22-56-34(46)16-24(3)4)38(39,40)27-9-12-31-26(17-27)18-32(57-31)35(47)42-29-8-6-7-28-10-11-30(44(28)36(29)48)37(49)43-19-25(20-43)21-58(5,41)51/h9,12,17-18,23-25,28-30,41H,6-8,10-11,13-16,19-22H2,1-5H3,(H,42,47)/t28-,29-,30-,54?,58?/m0/s1. The number of nitrogens with one attached hydrogen (secondary N) is 2. The van der Waals surface area contributed by atoms with E-state index in [9.17, 15) is 32.7 Å². The minimum atomic E-state index is -5.28. The number of alkyl halides is 2. The van der Waals surface area contributed by atoms with Gasteiger partial charge in [0.1, 0.15) is 18.0 Å². The number of amides is 3. The molecule has 20 heteroatoms. The summed E-state index contributed by atoms with van der Waals surface area (Å²) >= 11 is 2.54. The Bertz CT molecular complexity index is 2030. The lowest BCUT2D eigenvalue weighted by Crippen LogP contribution is -2.60. The summed E-state index contributed by atoms with van der Waals surface area (Å²) in [6.45, 7) is 7.71. The molecule has 2 N–H and O–H groups in total. The van der Waals surface area contributed by atoms with Gasteiger partial charge in [-0.1, -0.05) is 57.3 Å². The Morgan fingerprint density at radius 1 is 1.02 bits per heavy atom. The van der Waals surface area contributed by atoms with E-state index in [1.54, 1.807) is 9.80 Å². The minimum absolute atomic E-state index is 0.0187. The van der Waals surface area contributed by atoms with E-state index >= 15 is 8.78 Å². The highest BCUT2D eigenvalue weighted by molar-refractivity contribution is 8.13. The van der Waals surface area contributed by atoms with Gasteiger partial charge >= 0.3 is 13.3 Å². The Morgan fingerprint density at radius 2 is 1.69 bits per heavy atom. The molecule has 322 valence electrons. The molecule has 5 atom stereocenters. The molecule has 0 saturated carbocycles. The number of thiophene rings is 1. The number of thioether (sulfide) groups is 2. The molecule has 0 radical (unpaired) electrons. The fourth-order valence-corrected chi connectivity index (χ4v) is 13.0. The first-order chi connectivity index (χ1) is 27.2. The van der Waals surface area contributed by atoms with Crippen molar-refractivity contribution in [1.29, 1.82) is 4.78 Å². The second-order valence-electron chi connectivity index (χ2n) is 16.1. The second-order valence-corrected chi connectivity index (χ2v) is 23.8. The van der Waals surface area contributed by atoms with Gasteiger partial charge in [-0.25, -0.2) is 0 Å². The molecule has 58 heavy (non-hydrogen) atoms. The molecule has 1 aromatic heterocycles. The maximum atomic E-state index is 16.3. The van der Waals surface area contributed by atoms with Gasteiger partial charge in [0.25, 0.3) is 5.91 Å². The zero-order valence-electron chi connectivity index (χ0n) is 33.4. The smallest absolute Gasteiger partial charge is 0.340 e. The Labute approximate surface area is 351 Å². The molecule has 13 nitrogen and oxygen atoms in total. The van der Waals surface area contributed by atoms with E-state index in [2.05, 4.69) is 5.32 Å². The Morgan fingerprint density at radius 3 is 2.34 bits per heavy atom. The average Bonchev–Trinajstić information content (AvgIpc) is 3.70. The summed E-state index contributed by atoms with van der Waals surface area (Å²) in [7, 11) is -7.96. The number of carbonyl (C=O) groups excluding carboxylic acids is 5. The number of carbonyl (C=O) groups is 5. The summed E-state index contributed by atoms with van der Waals surface area (Å²) in [5.74, 6) is -1.46. The van der Waals surface area contributed by atoms with Gasteiger partial charge in [0.05, 0.1) is 11.5 Å². The normalized spacial score (nSPS) is 22.4. The number of fused-ring (bicyclic) bond motifs is 2. The molecule has 3 amide bonds. The van der Waals surface area contributed by atoms with Crippen molar-refractivity contribution in [2.75, 3.05) is 43.4 Å². The third-order valence-corrected chi connectivity index (χ3v) is 16.0. The van der Waals surface area contributed by atoms with Crippen LogP contribution in [0.2, 0.25) is 0 Å². The molecule has 3 aliphatic rings. The van der Waals surface area contributed by atoms with Crippen molar-refractivity contribution >= 4 is 90.2 Å². The topological polar surface area (TPSA) is 180 Å². The largest absolute Gasteiger partial charge is 0.405 e. The van der Waals surface area contributed by atoms with Crippen LogP contribution < -0.4 is 5.32 Å². The van der Waals surface area contributed by atoms with Gasteiger partial charge in [0, 0.05) is 75.6 Å². The fraction of sp³-hybridized carbons (Fsp3) is 0.658. The van der Waals surface area contributed by atoms with Crippen LogP contribution in [0, 0.1) is 22.5 Å². The lowest BCUT2D eigenvalue weighted by molar-refractivity contribution is -0.149. The number of hydrogen-bond donors (Lipinski definition) is 2. The Kier molecular flexibility index (Phi) is 15.7. The fourth-order valence-electron chi connectivity index (χ4n) is 7.44. The molecule has 5 rings (SSSR count). The summed E-state index contributed by atoms with van der Waals surface area (Å²) in [5, 5.41) is 2.60. The second kappa shape index (κ2) is 19.5. The van der Waals surface area contributed by atoms with E-state index in [0.717, 1.165) is 35.2 Å². The van der Waals surface area contributed by atoms with Crippen LogP contribution in [0.5, 0.6) is 0 Å². The van der Waals surface area contributed by atoms with Gasteiger partial charge in [-0.2, -0.15) is 8.78 Å². The van der Waals surface area contributed by atoms with Gasteiger partial charge in [-0.05, 0) is 67.5 Å². The molecular weight excluding hydrogens is 854 g/mol. The van der Waals surface area contributed by atoms with Crippen LogP contribution in [0.25, 0.3) is 10.1 Å². The van der Waals surface area contributed by atoms with Crippen LogP contribution >= 0.6 is 42.5 Å². The third kappa shape index (κ3) is 11.7. The van der Waals surface area contributed by atoms with Crippen LogP contribution in [-0.2, 0) is 48.2 Å². The molecule has 0 spiro atoms. The predicted octanol–water partition coefficient (Wildman–Crippen LogP) is 7.52. The van der Waals surface area contributed by atoms with E-state index in [1.165, 1.54) is 18.4 Å². The van der Waals surface area contributed by atoms with Crippen molar-refractivity contribution in [3.63, 3.8) is 0 Å². The molecule has 3 fully saturated rings. The number of nitrogens with zero attached hydrogens (tertiary/aromatic N) is 2. The molecule has 0 bridgehead atoms. The monoisotopic (exact) mass is 906 g/mol. The number of benzene rings is 1. The van der Waals surface area contributed by atoms with Crippen LogP contribution in [-0.4, -0.2) is 103 Å². The van der Waals surface area contributed by atoms with E-state index in [0.29, 0.717) is 61.7 Å².